The lowest BCUT2D eigenvalue weighted by atomic mass is 10.3. The molecule has 0 unspecified atom stereocenters. The molecule has 0 aromatic carbocycles. The Balaban J connectivity index is 2.66. The van der Waals surface area contributed by atoms with Crippen LogP contribution in [0.3, 0.4) is 0 Å². The summed E-state index contributed by atoms with van der Waals surface area (Å²) in [7, 11) is 1.70. The summed E-state index contributed by atoms with van der Waals surface area (Å²) in [6.45, 7) is 6.94. The second-order valence-corrected chi connectivity index (χ2v) is 6.12. The van der Waals surface area contributed by atoms with E-state index in [2.05, 4.69) is 16.6 Å². The number of halogens is 1. The molecule has 0 amide bonds. The van der Waals surface area contributed by atoms with Gasteiger partial charge >= 0.3 is 5.69 Å². The SMILES string of the molecule is C=CCn1c(Cl)nc2c1c(=O)n(CCCC=NC)c(=O)n2CCCC. The van der Waals surface area contributed by atoms with E-state index in [0.717, 1.165) is 12.8 Å². The first-order valence-corrected chi connectivity index (χ1v) is 8.85. The fourth-order valence-electron chi connectivity index (χ4n) is 2.74. The first kappa shape index (κ1) is 19.2. The molecule has 2 heterocycles. The minimum absolute atomic E-state index is 0.188. The van der Waals surface area contributed by atoms with Crippen LogP contribution in [0.15, 0.2) is 27.2 Å². The Labute approximate surface area is 151 Å². The zero-order valence-electron chi connectivity index (χ0n) is 14.7. The highest BCUT2D eigenvalue weighted by atomic mass is 35.5. The molecular weight excluding hydrogens is 342 g/mol. The molecular formula is C17H24ClN5O2. The number of aryl methyl sites for hydroxylation is 1. The van der Waals surface area contributed by atoms with Crippen molar-refractivity contribution in [2.45, 2.75) is 52.2 Å². The minimum atomic E-state index is -0.359. The number of aromatic nitrogens is 4. The molecule has 25 heavy (non-hydrogen) atoms. The molecule has 0 aliphatic carbocycles. The Bertz CT molecular complexity index is 891. The van der Waals surface area contributed by atoms with E-state index in [1.165, 1.54) is 4.57 Å². The Hall–Kier alpha value is -2.15. The number of imidazole rings is 1. The van der Waals surface area contributed by atoms with Gasteiger partial charge in [0.25, 0.3) is 5.56 Å². The molecule has 2 rings (SSSR count). The second-order valence-electron chi connectivity index (χ2n) is 5.78. The summed E-state index contributed by atoms with van der Waals surface area (Å²) < 4.78 is 4.43. The van der Waals surface area contributed by atoms with E-state index in [-0.39, 0.29) is 16.5 Å². The summed E-state index contributed by atoms with van der Waals surface area (Å²) in [6.07, 6.45) is 6.55. The normalized spacial score (nSPS) is 11.6. The number of hydrogen-bond donors (Lipinski definition) is 0. The van der Waals surface area contributed by atoms with Crippen molar-refractivity contribution in [1.82, 2.24) is 18.7 Å². The Morgan fingerprint density at radius 2 is 1.92 bits per heavy atom. The maximum absolute atomic E-state index is 12.9. The van der Waals surface area contributed by atoms with Crippen molar-refractivity contribution in [1.29, 1.82) is 0 Å². The van der Waals surface area contributed by atoms with E-state index in [9.17, 15) is 9.59 Å². The van der Waals surface area contributed by atoms with Crippen LogP contribution in [0.1, 0.15) is 32.6 Å². The third-order valence-electron chi connectivity index (χ3n) is 4.01. The van der Waals surface area contributed by atoms with Gasteiger partial charge in [0.1, 0.15) is 0 Å². The Kier molecular flexibility index (Phi) is 6.75. The number of aliphatic imine (C=N–C) groups is 1. The fourth-order valence-corrected chi connectivity index (χ4v) is 2.98. The van der Waals surface area contributed by atoms with Gasteiger partial charge in [-0.25, -0.2) is 4.79 Å². The van der Waals surface area contributed by atoms with Crippen molar-refractivity contribution in [2.75, 3.05) is 7.05 Å². The van der Waals surface area contributed by atoms with Gasteiger partial charge in [-0.15, -0.1) is 6.58 Å². The molecule has 8 heteroatoms. The van der Waals surface area contributed by atoms with E-state index in [0.29, 0.717) is 43.6 Å². The van der Waals surface area contributed by atoms with Gasteiger partial charge < -0.3 is 9.56 Å². The number of allylic oxidation sites excluding steroid dienone is 1. The molecule has 0 spiro atoms. The van der Waals surface area contributed by atoms with Crippen LogP contribution in [-0.4, -0.2) is 31.9 Å². The summed E-state index contributed by atoms with van der Waals surface area (Å²) in [6, 6.07) is 0. The molecule has 0 aliphatic heterocycles. The monoisotopic (exact) mass is 365 g/mol. The van der Waals surface area contributed by atoms with Crippen LogP contribution in [0, 0.1) is 0 Å². The van der Waals surface area contributed by atoms with E-state index in [1.807, 2.05) is 6.92 Å². The van der Waals surface area contributed by atoms with Crippen LogP contribution < -0.4 is 11.2 Å². The van der Waals surface area contributed by atoms with E-state index >= 15 is 0 Å². The van der Waals surface area contributed by atoms with E-state index in [4.69, 9.17) is 11.6 Å². The molecule has 2 aromatic rings. The zero-order chi connectivity index (χ0) is 18.4. The first-order chi connectivity index (χ1) is 12.1. The molecule has 0 bridgehead atoms. The third-order valence-corrected chi connectivity index (χ3v) is 4.30. The van der Waals surface area contributed by atoms with Crippen LogP contribution in [0.4, 0.5) is 0 Å². The van der Waals surface area contributed by atoms with Crippen molar-refractivity contribution in [3.05, 3.63) is 38.8 Å². The lowest BCUT2D eigenvalue weighted by Crippen LogP contribution is -2.40. The van der Waals surface area contributed by atoms with Crippen molar-refractivity contribution in [3.63, 3.8) is 0 Å². The molecule has 136 valence electrons. The lowest BCUT2D eigenvalue weighted by molar-refractivity contribution is 0.537. The van der Waals surface area contributed by atoms with Crippen molar-refractivity contribution in [2.24, 2.45) is 4.99 Å². The molecule has 0 atom stereocenters. The van der Waals surface area contributed by atoms with E-state index in [1.54, 1.807) is 28.5 Å². The first-order valence-electron chi connectivity index (χ1n) is 8.47. The number of fused-ring (bicyclic) bond motifs is 1. The Morgan fingerprint density at radius 1 is 1.20 bits per heavy atom. The predicted octanol–water partition coefficient (Wildman–Crippen LogP) is 2.48. The van der Waals surface area contributed by atoms with Crippen LogP contribution in [0.2, 0.25) is 5.28 Å². The highest BCUT2D eigenvalue weighted by Gasteiger charge is 2.20. The summed E-state index contributed by atoms with van der Waals surface area (Å²) in [5, 5.41) is 0.188. The molecule has 2 aromatic heterocycles. The van der Waals surface area contributed by atoms with E-state index < -0.39 is 0 Å². The molecule has 0 aliphatic rings. The van der Waals surface area contributed by atoms with Crippen LogP contribution in [0.25, 0.3) is 11.2 Å². The number of hydrogen-bond acceptors (Lipinski definition) is 4. The Morgan fingerprint density at radius 3 is 2.56 bits per heavy atom. The molecule has 0 saturated heterocycles. The van der Waals surface area contributed by atoms with Gasteiger partial charge in [0.05, 0.1) is 0 Å². The van der Waals surface area contributed by atoms with Gasteiger partial charge in [-0.1, -0.05) is 19.4 Å². The number of rotatable bonds is 9. The summed E-state index contributed by atoms with van der Waals surface area (Å²) >= 11 is 6.20. The zero-order valence-corrected chi connectivity index (χ0v) is 15.5. The van der Waals surface area contributed by atoms with Crippen molar-refractivity contribution in [3.8, 4) is 0 Å². The lowest BCUT2D eigenvalue weighted by Gasteiger charge is -2.11. The summed E-state index contributed by atoms with van der Waals surface area (Å²) in [4.78, 5) is 33.9. The summed E-state index contributed by atoms with van der Waals surface area (Å²) in [5.41, 5.74) is 0.00757. The minimum Gasteiger partial charge on any atom is -0.305 e. The molecule has 7 nitrogen and oxygen atoms in total. The smallest absolute Gasteiger partial charge is 0.305 e. The van der Waals surface area contributed by atoms with Gasteiger partial charge in [0, 0.05) is 26.7 Å². The van der Waals surface area contributed by atoms with Crippen molar-refractivity contribution >= 4 is 29.0 Å². The highest BCUT2D eigenvalue weighted by Crippen LogP contribution is 2.16. The average Bonchev–Trinajstić information content (AvgIpc) is 2.91. The molecule has 0 saturated carbocycles. The van der Waals surface area contributed by atoms with Gasteiger partial charge in [-0.2, -0.15) is 4.98 Å². The highest BCUT2D eigenvalue weighted by molar-refractivity contribution is 6.29. The average molecular weight is 366 g/mol. The second kappa shape index (κ2) is 8.80. The van der Waals surface area contributed by atoms with Crippen LogP contribution in [-0.2, 0) is 19.6 Å². The predicted molar refractivity (Wildman–Crippen MR) is 102 cm³/mol. The largest absolute Gasteiger partial charge is 0.332 e. The maximum atomic E-state index is 12.9. The maximum Gasteiger partial charge on any atom is 0.332 e. The molecule has 0 radical (unpaired) electrons. The van der Waals surface area contributed by atoms with Crippen LogP contribution in [0.5, 0.6) is 0 Å². The summed E-state index contributed by atoms with van der Waals surface area (Å²) in [5.74, 6) is 0. The fraction of sp³-hybridized carbons (Fsp3) is 0.529. The van der Waals surface area contributed by atoms with Gasteiger partial charge in [0.2, 0.25) is 5.28 Å². The van der Waals surface area contributed by atoms with Gasteiger partial charge in [-0.05, 0) is 37.1 Å². The van der Waals surface area contributed by atoms with Crippen molar-refractivity contribution < 1.29 is 0 Å². The number of unbranched alkanes of at least 4 members (excludes halogenated alkanes) is 2. The van der Waals surface area contributed by atoms with Gasteiger partial charge in [-0.3, -0.25) is 13.9 Å². The molecule has 0 N–H and O–H groups in total. The van der Waals surface area contributed by atoms with Crippen LogP contribution >= 0.6 is 11.6 Å². The molecule has 0 fully saturated rings. The van der Waals surface area contributed by atoms with Gasteiger partial charge in [0.15, 0.2) is 11.2 Å². The quantitative estimate of drug-likeness (QED) is 0.296. The standard InChI is InChI=1S/C17H24ClN5O2/c1-4-6-11-22-14-13(21(10-5-2)16(18)20-14)15(24)23(17(22)25)12-8-7-9-19-3/h5,9H,2,4,6-8,10-12H2,1,3H3. The third kappa shape index (κ3) is 3.92. The number of nitrogens with zero attached hydrogens (tertiary/aromatic N) is 5. The topological polar surface area (TPSA) is 74.2 Å².